The van der Waals surface area contributed by atoms with Crippen molar-refractivity contribution in [3.63, 3.8) is 0 Å². The molecular formula is C15H20. The smallest absolute Gasteiger partial charge is 0.00139 e. The van der Waals surface area contributed by atoms with Crippen LogP contribution in [0.3, 0.4) is 0 Å². The molecule has 0 bridgehead atoms. The summed E-state index contributed by atoms with van der Waals surface area (Å²) in [5.74, 6) is 0. The zero-order valence-electron chi connectivity index (χ0n) is 9.84. The molecule has 0 fully saturated rings. The maximum atomic E-state index is 4.01. The van der Waals surface area contributed by atoms with E-state index in [-0.39, 0.29) is 0 Å². The summed E-state index contributed by atoms with van der Waals surface area (Å²) in [4.78, 5) is 0. The Hall–Kier alpha value is -1.56. The third kappa shape index (κ3) is 2.95. The maximum Gasteiger partial charge on any atom is -0.00139 e. The molecular weight excluding hydrogens is 180 g/mol. The quantitative estimate of drug-likeness (QED) is 0.616. The second-order valence-corrected chi connectivity index (χ2v) is 2.93. The highest BCUT2D eigenvalue weighted by Gasteiger charge is 2.17. The van der Waals surface area contributed by atoms with Gasteiger partial charge in [-0.3, -0.25) is 0 Å². The van der Waals surface area contributed by atoms with Gasteiger partial charge in [-0.05, 0) is 28.7 Å². The molecule has 1 aliphatic rings. The largest absolute Gasteiger partial charge is 0.0991 e. The standard InChI is InChI=1S/C13H14.C2H6/c1-5-8-12-9-11(6-2)13(7-3)10(12)4;1-2/h5-8H,1-4,9H2;1-2H3/b12-8-;. The van der Waals surface area contributed by atoms with E-state index in [0.717, 1.165) is 17.6 Å². The molecule has 0 amide bonds. The highest BCUT2D eigenvalue weighted by Crippen LogP contribution is 2.35. The third-order valence-electron chi connectivity index (χ3n) is 2.21. The molecule has 0 spiro atoms. The lowest BCUT2D eigenvalue weighted by molar-refractivity contribution is 1.26. The average molecular weight is 200 g/mol. The monoisotopic (exact) mass is 200 g/mol. The van der Waals surface area contributed by atoms with E-state index in [4.69, 9.17) is 0 Å². The average Bonchev–Trinajstić information content (AvgIpc) is 2.59. The van der Waals surface area contributed by atoms with Crippen LogP contribution in [-0.4, -0.2) is 0 Å². The predicted octanol–water partition coefficient (Wildman–Crippen LogP) is 4.75. The first-order valence-corrected chi connectivity index (χ1v) is 5.23. The number of hydrogen-bond donors (Lipinski definition) is 0. The van der Waals surface area contributed by atoms with Crippen molar-refractivity contribution < 1.29 is 0 Å². The minimum Gasteiger partial charge on any atom is -0.0991 e. The Morgan fingerprint density at radius 3 is 2.00 bits per heavy atom. The fourth-order valence-corrected chi connectivity index (χ4v) is 1.51. The molecule has 0 heteroatoms. The third-order valence-corrected chi connectivity index (χ3v) is 2.21. The van der Waals surface area contributed by atoms with Crippen molar-refractivity contribution in [3.8, 4) is 0 Å². The van der Waals surface area contributed by atoms with Crippen molar-refractivity contribution in [2.75, 3.05) is 0 Å². The van der Waals surface area contributed by atoms with E-state index in [1.807, 2.05) is 32.1 Å². The fourth-order valence-electron chi connectivity index (χ4n) is 1.51. The highest BCUT2D eigenvalue weighted by atomic mass is 14.2. The Morgan fingerprint density at radius 1 is 1.07 bits per heavy atom. The summed E-state index contributed by atoms with van der Waals surface area (Å²) in [6.45, 7) is 19.2. The molecule has 0 aromatic carbocycles. The van der Waals surface area contributed by atoms with E-state index in [9.17, 15) is 0 Å². The molecule has 80 valence electrons. The molecule has 1 rings (SSSR count). The molecule has 1 aliphatic carbocycles. The lowest BCUT2D eigenvalue weighted by atomic mass is 10.1. The Morgan fingerprint density at radius 2 is 1.67 bits per heavy atom. The van der Waals surface area contributed by atoms with Crippen molar-refractivity contribution >= 4 is 0 Å². The lowest BCUT2D eigenvalue weighted by Gasteiger charge is -1.98. The second-order valence-electron chi connectivity index (χ2n) is 2.93. The van der Waals surface area contributed by atoms with Crippen LogP contribution in [0.25, 0.3) is 0 Å². The number of rotatable bonds is 3. The molecule has 0 saturated heterocycles. The Labute approximate surface area is 93.7 Å². The zero-order chi connectivity index (χ0) is 11.8. The Bertz CT molecular complexity index is 335. The second kappa shape index (κ2) is 6.83. The highest BCUT2D eigenvalue weighted by molar-refractivity contribution is 5.62. The van der Waals surface area contributed by atoms with Gasteiger partial charge in [0.15, 0.2) is 0 Å². The van der Waals surface area contributed by atoms with Crippen molar-refractivity contribution in [1.29, 1.82) is 0 Å². The van der Waals surface area contributed by atoms with Crippen molar-refractivity contribution in [2.45, 2.75) is 20.3 Å². The van der Waals surface area contributed by atoms with Crippen LogP contribution in [0.2, 0.25) is 0 Å². The molecule has 0 N–H and O–H groups in total. The van der Waals surface area contributed by atoms with Crippen LogP contribution in [0, 0.1) is 0 Å². The minimum atomic E-state index is 0.899. The number of allylic oxidation sites excluding steroid dienone is 8. The molecule has 0 aromatic rings. The van der Waals surface area contributed by atoms with Gasteiger partial charge in [-0.25, -0.2) is 0 Å². The summed E-state index contributed by atoms with van der Waals surface area (Å²) < 4.78 is 0. The molecule has 0 aliphatic heterocycles. The van der Waals surface area contributed by atoms with Crippen molar-refractivity contribution in [2.24, 2.45) is 0 Å². The van der Waals surface area contributed by atoms with E-state index in [0.29, 0.717) is 0 Å². The van der Waals surface area contributed by atoms with Gasteiger partial charge in [-0.1, -0.05) is 64.5 Å². The SMILES string of the molecule is C=C/C=C1/CC(C=C)=C(C=C)C1=C.CC. The molecule has 15 heavy (non-hydrogen) atoms. The van der Waals surface area contributed by atoms with Crippen LogP contribution in [0.1, 0.15) is 20.3 Å². The molecule has 0 heterocycles. The summed E-state index contributed by atoms with van der Waals surface area (Å²) in [7, 11) is 0. The molecule has 0 saturated carbocycles. The normalized spacial score (nSPS) is 17.2. The topological polar surface area (TPSA) is 0 Å². The maximum absolute atomic E-state index is 4.01. The van der Waals surface area contributed by atoms with E-state index >= 15 is 0 Å². The van der Waals surface area contributed by atoms with Crippen LogP contribution >= 0.6 is 0 Å². The van der Waals surface area contributed by atoms with Crippen LogP contribution in [0.5, 0.6) is 0 Å². The first-order chi connectivity index (χ1) is 7.24. The van der Waals surface area contributed by atoms with Crippen LogP contribution < -0.4 is 0 Å². The van der Waals surface area contributed by atoms with Gasteiger partial charge < -0.3 is 0 Å². The summed E-state index contributed by atoms with van der Waals surface area (Å²) in [5, 5.41) is 0. The van der Waals surface area contributed by atoms with E-state index in [1.165, 1.54) is 11.1 Å². The first-order valence-electron chi connectivity index (χ1n) is 5.23. The summed E-state index contributed by atoms with van der Waals surface area (Å²) in [6, 6.07) is 0. The van der Waals surface area contributed by atoms with Gasteiger partial charge >= 0.3 is 0 Å². The zero-order valence-corrected chi connectivity index (χ0v) is 9.84. The first kappa shape index (κ1) is 13.4. The van der Waals surface area contributed by atoms with Gasteiger partial charge in [0.2, 0.25) is 0 Å². The van der Waals surface area contributed by atoms with Crippen LogP contribution in [0.15, 0.2) is 72.9 Å². The lowest BCUT2D eigenvalue weighted by Crippen LogP contribution is -1.79. The molecule has 0 radical (unpaired) electrons. The van der Waals surface area contributed by atoms with Crippen molar-refractivity contribution in [1.82, 2.24) is 0 Å². The van der Waals surface area contributed by atoms with E-state index in [2.05, 4.69) is 26.3 Å². The molecule has 0 nitrogen and oxygen atoms in total. The minimum absolute atomic E-state index is 0.899. The van der Waals surface area contributed by atoms with Gasteiger partial charge in [0.1, 0.15) is 0 Å². The molecule has 0 aromatic heterocycles. The molecule has 0 unspecified atom stereocenters. The van der Waals surface area contributed by atoms with Crippen LogP contribution in [0.4, 0.5) is 0 Å². The van der Waals surface area contributed by atoms with Gasteiger partial charge in [0, 0.05) is 0 Å². The van der Waals surface area contributed by atoms with Gasteiger partial charge in [0.05, 0.1) is 0 Å². The fraction of sp³-hybridized carbons (Fsp3) is 0.200. The van der Waals surface area contributed by atoms with Gasteiger partial charge in [-0.2, -0.15) is 0 Å². The molecule has 0 atom stereocenters. The van der Waals surface area contributed by atoms with Crippen LogP contribution in [-0.2, 0) is 0 Å². The number of hydrogen-bond acceptors (Lipinski definition) is 0. The van der Waals surface area contributed by atoms with Gasteiger partial charge in [0.25, 0.3) is 0 Å². The predicted molar refractivity (Wildman–Crippen MR) is 70.8 cm³/mol. The van der Waals surface area contributed by atoms with Crippen molar-refractivity contribution in [3.05, 3.63) is 72.9 Å². The summed E-state index contributed by atoms with van der Waals surface area (Å²) >= 11 is 0. The summed E-state index contributed by atoms with van der Waals surface area (Å²) in [6.07, 6.45) is 8.38. The van der Waals surface area contributed by atoms with Gasteiger partial charge in [-0.15, -0.1) is 0 Å². The van der Waals surface area contributed by atoms with E-state index < -0.39 is 0 Å². The van der Waals surface area contributed by atoms with E-state index in [1.54, 1.807) is 6.08 Å². The Balaban J connectivity index is 0.000000921. The Kier molecular flexibility index (Phi) is 6.12. The summed E-state index contributed by atoms with van der Waals surface area (Å²) in [5.41, 5.74) is 4.57.